The number of piperazine rings is 1. The largest absolute Gasteiger partial charge is 0.462 e. The van der Waals surface area contributed by atoms with Crippen molar-refractivity contribution in [2.45, 2.75) is 46.1 Å². The molecule has 1 saturated heterocycles. The second-order valence-electron chi connectivity index (χ2n) is 7.49. The van der Waals surface area contributed by atoms with Crippen LogP contribution in [0.2, 0.25) is 0 Å². The van der Waals surface area contributed by atoms with E-state index in [1.54, 1.807) is 11.0 Å². The fraction of sp³-hybridized carbons (Fsp3) is 0.600. The number of anilines is 1. The molecule has 1 aromatic rings. The molecule has 6 nitrogen and oxygen atoms in total. The van der Waals surface area contributed by atoms with E-state index in [0.717, 1.165) is 18.5 Å². The van der Waals surface area contributed by atoms with Crippen LogP contribution < -0.4 is 4.90 Å². The van der Waals surface area contributed by atoms with E-state index in [9.17, 15) is 9.59 Å². The number of carbonyl (C=O) groups excluding carboxylic acids is 2. The lowest BCUT2D eigenvalue weighted by Crippen LogP contribution is -2.50. The molecule has 0 N–H and O–H groups in total. The van der Waals surface area contributed by atoms with Gasteiger partial charge in [-0.3, -0.25) is 0 Å². The highest BCUT2D eigenvalue weighted by atomic mass is 16.6. The molecule has 1 aliphatic rings. The van der Waals surface area contributed by atoms with Crippen LogP contribution in [-0.4, -0.2) is 55.3 Å². The molecule has 0 bridgehead atoms. The molecule has 1 heterocycles. The van der Waals surface area contributed by atoms with E-state index in [1.165, 1.54) is 0 Å². The van der Waals surface area contributed by atoms with E-state index < -0.39 is 5.60 Å². The third kappa shape index (κ3) is 5.93. The molecule has 144 valence electrons. The van der Waals surface area contributed by atoms with Crippen LogP contribution in [0, 0.1) is 0 Å². The van der Waals surface area contributed by atoms with Gasteiger partial charge in [0, 0.05) is 31.9 Å². The van der Waals surface area contributed by atoms with Crippen LogP contribution in [-0.2, 0) is 9.47 Å². The van der Waals surface area contributed by atoms with Gasteiger partial charge in [-0.2, -0.15) is 0 Å². The summed E-state index contributed by atoms with van der Waals surface area (Å²) in [4.78, 5) is 28.2. The molecule has 2 rings (SSSR count). The topological polar surface area (TPSA) is 59.1 Å². The minimum Gasteiger partial charge on any atom is -0.462 e. The van der Waals surface area contributed by atoms with Crippen LogP contribution in [0.15, 0.2) is 24.3 Å². The summed E-state index contributed by atoms with van der Waals surface area (Å²) in [7, 11) is 0. The van der Waals surface area contributed by atoms with Crippen molar-refractivity contribution in [3.05, 3.63) is 29.8 Å². The molecule has 26 heavy (non-hydrogen) atoms. The van der Waals surface area contributed by atoms with Crippen molar-refractivity contribution in [3.63, 3.8) is 0 Å². The summed E-state index contributed by atoms with van der Waals surface area (Å²) in [5.41, 5.74) is 1.05. The van der Waals surface area contributed by atoms with Crippen LogP contribution >= 0.6 is 0 Å². The number of carbonyl (C=O) groups is 2. The van der Waals surface area contributed by atoms with Gasteiger partial charge in [0.15, 0.2) is 0 Å². The highest BCUT2D eigenvalue weighted by Gasteiger charge is 2.26. The third-order valence-electron chi connectivity index (χ3n) is 4.11. The zero-order chi connectivity index (χ0) is 19.2. The molecule has 1 aromatic carbocycles. The lowest BCUT2D eigenvalue weighted by molar-refractivity contribution is 0.0240. The predicted octanol–water partition coefficient (Wildman–Crippen LogP) is 3.70. The number of unbranched alkanes of at least 4 members (excludes halogenated alkanes) is 1. The smallest absolute Gasteiger partial charge is 0.410 e. The van der Waals surface area contributed by atoms with Gasteiger partial charge in [-0.15, -0.1) is 0 Å². The van der Waals surface area contributed by atoms with E-state index in [2.05, 4.69) is 11.8 Å². The van der Waals surface area contributed by atoms with Gasteiger partial charge in [0.05, 0.1) is 12.2 Å². The molecule has 0 aliphatic carbocycles. The summed E-state index contributed by atoms with van der Waals surface area (Å²) >= 11 is 0. The molecular weight excluding hydrogens is 332 g/mol. The van der Waals surface area contributed by atoms with Gasteiger partial charge in [-0.05, 0) is 45.4 Å². The van der Waals surface area contributed by atoms with Crippen LogP contribution in [0.25, 0.3) is 0 Å². The lowest BCUT2D eigenvalue weighted by Gasteiger charge is -2.36. The Labute approximate surface area is 156 Å². The number of ether oxygens (including phenoxy) is 2. The average molecular weight is 362 g/mol. The van der Waals surface area contributed by atoms with Gasteiger partial charge in [-0.25, -0.2) is 9.59 Å². The lowest BCUT2D eigenvalue weighted by atomic mass is 10.1. The number of amides is 1. The third-order valence-corrected chi connectivity index (χ3v) is 4.11. The molecule has 0 aromatic heterocycles. The second kappa shape index (κ2) is 8.92. The Morgan fingerprint density at radius 3 is 2.42 bits per heavy atom. The Bertz CT molecular complexity index is 616. The molecule has 0 unspecified atom stereocenters. The predicted molar refractivity (Wildman–Crippen MR) is 102 cm³/mol. The maximum absolute atomic E-state index is 12.1. The Kier molecular flexibility index (Phi) is 6.89. The van der Waals surface area contributed by atoms with Gasteiger partial charge in [0.1, 0.15) is 5.60 Å². The Morgan fingerprint density at radius 1 is 1.12 bits per heavy atom. The Morgan fingerprint density at radius 2 is 1.81 bits per heavy atom. The summed E-state index contributed by atoms with van der Waals surface area (Å²) in [5, 5.41) is 0. The number of benzene rings is 1. The molecule has 0 spiro atoms. The Balaban J connectivity index is 1.92. The van der Waals surface area contributed by atoms with Crippen LogP contribution in [0.1, 0.15) is 50.9 Å². The fourth-order valence-corrected chi connectivity index (χ4v) is 2.70. The first kappa shape index (κ1) is 20.1. The van der Waals surface area contributed by atoms with Crippen molar-refractivity contribution < 1.29 is 19.1 Å². The van der Waals surface area contributed by atoms with Crippen molar-refractivity contribution in [2.75, 3.05) is 37.7 Å². The van der Waals surface area contributed by atoms with Crippen molar-refractivity contribution in [3.8, 4) is 0 Å². The molecule has 0 saturated carbocycles. The van der Waals surface area contributed by atoms with Crippen molar-refractivity contribution in [1.29, 1.82) is 0 Å². The molecule has 1 amide bonds. The van der Waals surface area contributed by atoms with Crippen molar-refractivity contribution in [1.82, 2.24) is 4.90 Å². The summed E-state index contributed by atoms with van der Waals surface area (Å²) in [6, 6.07) is 7.48. The molecule has 1 fully saturated rings. The normalized spacial score (nSPS) is 14.9. The molecular formula is C20H30N2O4. The SMILES string of the molecule is CCCCOC(=O)c1cccc(N2CCN(C(=O)OC(C)(C)C)CC2)c1. The van der Waals surface area contributed by atoms with Crippen LogP contribution in [0.4, 0.5) is 10.5 Å². The van der Waals surface area contributed by atoms with Crippen LogP contribution in [0.3, 0.4) is 0 Å². The van der Waals surface area contributed by atoms with E-state index in [0.29, 0.717) is 38.3 Å². The fourth-order valence-electron chi connectivity index (χ4n) is 2.70. The monoisotopic (exact) mass is 362 g/mol. The van der Waals surface area contributed by atoms with Gasteiger partial charge < -0.3 is 19.3 Å². The van der Waals surface area contributed by atoms with Gasteiger partial charge in [0.2, 0.25) is 0 Å². The molecule has 0 radical (unpaired) electrons. The number of rotatable bonds is 5. The number of hydrogen-bond acceptors (Lipinski definition) is 5. The minimum absolute atomic E-state index is 0.273. The van der Waals surface area contributed by atoms with Crippen LogP contribution in [0.5, 0.6) is 0 Å². The van der Waals surface area contributed by atoms with E-state index in [4.69, 9.17) is 9.47 Å². The van der Waals surface area contributed by atoms with Crippen molar-refractivity contribution in [2.24, 2.45) is 0 Å². The van der Waals surface area contributed by atoms with E-state index >= 15 is 0 Å². The minimum atomic E-state index is -0.485. The van der Waals surface area contributed by atoms with Gasteiger partial charge in [0.25, 0.3) is 0 Å². The average Bonchev–Trinajstić information content (AvgIpc) is 2.60. The van der Waals surface area contributed by atoms with E-state index in [-0.39, 0.29) is 12.1 Å². The maximum atomic E-state index is 12.1. The summed E-state index contributed by atoms with van der Waals surface area (Å²) in [5.74, 6) is -0.285. The number of esters is 1. The molecule has 6 heteroatoms. The second-order valence-corrected chi connectivity index (χ2v) is 7.49. The number of nitrogens with zero attached hydrogens (tertiary/aromatic N) is 2. The standard InChI is InChI=1S/C20H30N2O4/c1-5-6-14-25-18(23)16-8-7-9-17(15-16)21-10-12-22(13-11-21)19(24)26-20(2,3)4/h7-9,15H,5-6,10-14H2,1-4H3. The first-order valence-electron chi connectivity index (χ1n) is 9.30. The Hall–Kier alpha value is -2.24. The number of hydrogen-bond donors (Lipinski definition) is 0. The zero-order valence-electron chi connectivity index (χ0n) is 16.3. The summed E-state index contributed by atoms with van der Waals surface area (Å²) < 4.78 is 10.7. The highest BCUT2D eigenvalue weighted by Crippen LogP contribution is 2.20. The maximum Gasteiger partial charge on any atom is 0.410 e. The molecule has 0 atom stereocenters. The summed E-state index contributed by atoms with van der Waals surface area (Å²) in [6.07, 6.45) is 1.60. The molecule has 1 aliphatic heterocycles. The highest BCUT2D eigenvalue weighted by molar-refractivity contribution is 5.90. The van der Waals surface area contributed by atoms with Gasteiger partial charge in [-0.1, -0.05) is 19.4 Å². The quantitative estimate of drug-likeness (QED) is 0.590. The van der Waals surface area contributed by atoms with E-state index in [1.807, 2.05) is 39.0 Å². The van der Waals surface area contributed by atoms with Crippen molar-refractivity contribution >= 4 is 17.7 Å². The zero-order valence-corrected chi connectivity index (χ0v) is 16.3. The first-order chi connectivity index (χ1) is 12.3. The van der Waals surface area contributed by atoms with Gasteiger partial charge >= 0.3 is 12.1 Å². The first-order valence-corrected chi connectivity index (χ1v) is 9.30. The summed E-state index contributed by atoms with van der Waals surface area (Å²) in [6.45, 7) is 10.7.